The lowest BCUT2D eigenvalue weighted by Crippen LogP contribution is -2.06. The fourth-order valence-electron chi connectivity index (χ4n) is 1.09. The molecule has 1 aromatic heterocycles. The van der Waals surface area contributed by atoms with Crippen molar-refractivity contribution < 1.29 is 9.53 Å². The predicted molar refractivity (Wildman–Crippen MR) is 50.7 cm³/mol. The molecule has 1 N–H and O–H groups in total. The number of nitrogens with one attached hydrogen (secondary N) is 1. The van der Waals surface area contributed by atoms with Crippen LogP contribution in [0.15, 0.2) is 29.5 Å². The second-order valence-corrected chi connectivity index (χ2v) is 3.57. The van der Waals surface area contributed by atoms with Gasteiger partial charge in [-0.2, -0.15) is 0 Å². The highest BCUT2D eigenvalue weighted by atomic mass is 32.1. The van der Waals surface area contributed by atoms with E-state index in [2.05, 4.69) is 5.32 Å². The largest absolute Gasteiger partial charge is 0.477 e. The molecule has 2 rings (SSSR count). The molecule has 0 saturated carbocycles. The van der Waals surface area contributed by atoms with Crippen molar-refractivity contribution in [3.63, 3.8) is 0 Å². The standard InChI is InChI=1S/C9H9NO2S/c11-7(8-2-1-5-13-8)6-9-10-3-4-12-9/h1-2,5-6,10H,3-4H2/b9-6+. The molecule has 0 unspecified atom stereocenters. The molecule has 1 aromatic rings. The number of thiophene rings is 1. The second-order valence-electron chi connectivity index (χ2n) is 2.63. The Morgan fingerprint density at radius 3 is 3.23 bits per heavy atom. The van der Waals surface area contributed by atoms with Gasteiger partial charge in [-0.1, -0.05) is 6.07 Å². The summed E-state index contributed by atoms with van der Waals surface area (Å²) in [5.74, 6) is 0.581. The minimum atomic E-state index is -0.000556. The van der Waals surface area contributed by atoms with E-state index in [4.69, 9.17) is 4.74 Å². The van der Waals surface area contributed by atoms with Gasteiger partial charge in [-0.05, 0) is 11.4 Å². The number of hydrogen-bond acceptors (Lipinski definition) is 4. The molecule has 2 heterocycles. The third-order valence-corrected chi connectivity index (χ3v) is 2.57. The molecule has 0 atom stereocenters. The Morgan fingerprint density at radius 2 is 2.62 bits per heavy atom. The smallest absolute Gasteiger partial charge is 0.201 e. The fraction of sp³-hybridized carbons (Fsp3) is 0.222. The lowest BCUT2D eigenvalue weighted by atomic mass is 10.3. The van der Waals surface area contributed by atoms with Crippen molar-refractivity contribution in [2.45, 2.75) is 0 Å². The quantitative estimate of drug-likeness (QED) is 0.572. The number of ether oxygens (including phenoxy) is 1. The maximum atomic E-state index is 11.5. The summed E-state index contributed by atoms with van der Waals surface area (Å²) in [7, 11) is 0. The van der Waals surface area contributed by atoms with Crippen LogP contribution in [0.25, 0.3) is 0 Å². The van der Waals surface area contributed by atoms with E-state index in [1.807, 2.05) is 11.4 Å². The Morgan fingerprint density at radius 1 is 1.69 bits per heavy atom. The second kappa shape index (κ2) is 3.62. The van der Waals surface area contributed by atoms with Crippen molar-refractivity contribution >= 4 is 17.1 Å². The summed E-state index contributed by atoms with van der Waals surface area (Å²) >= 11 is 1.44. The van der Waals surface area contributed by atoms with E-state index in [0.29, 0.717) is 12.5 Å². The molecule has 0 amide bonds. The third-order valence-electron chi connectivity index (χ3n) is 1.69. The van der Waals surface area contributed by atoms with Gasteiger partial charge >= 0.3 is 0 Å². The molecule has 1 saturated heterocycles. The van der Waals surface area contributed by atoms with Crippen LogP contribution in [0.3, 0.4) is 0 Å². The van der Waals surface area contributed by atoms with Crippen molar-refractivity contribution in [3.05, 3.63) is 34.3 Å². The van der Waals surface area contributed by atoms with Crippen LogP contribution in [0.2, 0.25) is 0 Å². The van der Waals surface area contributed by atoms with E-state index in [1.165, 1.54) is 17.4 Å². The molecule has 1 aliphatic heterocycles. The summed E-state index contributed by atoms with van der Waals surface area (Å²) < 4.78 is 5.16. The number of hydrogen-bond donors (Lipinski definition) is 1. The molecule has 0 aromatic carbocycles. The molecule has 13 heavy (non-hydrogen) atoms. The van der Waals surface area contributed by atoms with Crippen LogP contribution < -0.4 is 5.32 Å². The van der Waals surface area contributed by atoms with Gasteiger partial charge in [0.25, 0.3) is 0 Å². The molecule has 0 radical (unpaired) electrons. The first-order valence-electron chi connectivity index (χ1n) is 4.02. The normalized spacial score (nSPS) is 18.3. The van der Waals surface area contributed by atoms with E-state index >= 15 is 0 Å². The molecule has 3 nitrogen and oxygen atoms in total. The average Bonchev–Trinajstić information content (AvgIpc) is 2.74. The minimum Gasteiger partial charge on any atom is -0.477 e. The Bertz CT molecular complexity index is 321. The van der Waals surface area contributed by atoms with Gasteiger partial charge in [0.15, 0.2) is 5.88 Å². The summed E-state index contributed by atoms with van der Waals surface area (Å²) in [5, 5.41) is 4.86. The lowest BCUT2D eigenvalue weighted by molar-refractivity contribution is 0.104. The highest BCUT2D eigenvalue weighted by Crippen LogP contribution is 2.11. The van der Waals surface area contributed by atoms with Crippen LogP contribution in [0.1, 0.15) is 9.67 Å². The number of ketones is 1. The zero-order valence-electron chi connectivity index (χ0n) is 6.95. The highest BCUT2D eigenvalue weighted by Gasteiger charge is 2.10. The first-order chi connectivity index (χ1) is 6.36. The predicted octanol–water partition coefficient (Wildman–Crippen LogP) is 1.39. The van der Waals surface area contributed by atoms with Gasteiger partial charge in [-0.3, -0.25) is 4.79 Å². The first-order valence-corrected chi connectivity index (χ1v) is 4.90. The Balaban J connectivity index is 2.10. The lowest BCUT2D eigenvalue weighted by Gasteiger charge is -1.95. The molecule has 1 fully saturated rings. The molecule has 4 heteroatoms. The Hall–Kier alpha value is -1.29. The van der Waals surface area contributed by atoms with Crippen molar-refractivity contribution in [2.24, 2.45) is 0 Å². The molecule has 0 spiro atoms. The summed E-state index contributed by atoms with van der Waals surface area (Å²) in [5.41, 5.74) is 0. The minimum absolute atomic E-state index is 0.000556. The SMILES string of the molecule is O=C(/C=C1\NCCO1)c1cccs1. The van der Waals surface area contributed by atoms with Gasteiger partial charge in [0, 0.05) is 6.08 Å². The van der Waals surface area contributed by atoms with Crippen molar-refractivity contribution in [3.8, 4) is 0 Å². The summed E-state index contributed by atoms with van der Waals surface area (Å²) in [6, 6.07) is 3.67. The molecule has 0 bridgehead atoms. The Labute approximate surface area is 80.0 Å². The summed E-state index contributed by atoms with van der Waals surface area (Å²) in [6.45, 7) is 1.42. The van der Waals surface area contributed by atoms with Crippen LogP contribution in [0, 0.1) is 0 Å². The van der Waals surface area contributed by atoms with Crippen molar-refractivity contribution in [1.82, 2.24) is 5.32 Å². The van der Waals surface area contributed by atoms with E-state index in [-0.39, 0.29) is 5.78 Å². The molecule has 0 aliphatic carbocycles. The van der Waals surface area contributed by atoms with Crippen LogP contribution in [0.4, 0.5) is 0 Å². The summed E-state index contributed by atoms with van der Waals surface area (Å²) in [6.07, 6.45) is 1.50. The average molecular weight is 195 g/mol. The van der Waals surface area contributed by atoms with Gasteiger partial charge in [0.2, 0.25) is 5.78 Å². The van der Waals surface area contributed by atoms with Crippen LogP contribution in [0.5, 0.6) is 0 Å². The highest BCUT2D eigenvalue weighted by molar-refractivity contribution is 7.12. The fourth-order valence-corrected chi connectivity index (χ4v) is 1.72. The molecular formula is C9H9NO2S. The van der Waals surface area contributed by atoms with Gasteiger partial charge < -0.3 is 10.1 Å². The number of carbonyl (C=O) groups excluding carboxylic acids is 1. The van der Waals surface area contributed by atoms with E-state index in [9.17, 15) is 4.79 Å². The monoisotopic (exact) mass is 195 g/mol. The van der Waals surface area contributed by atoms with Crippen LogP contribution in [-0.4, -0.2) is 18.9 Å². The van der Waals surface area contributed by atoms with Crippen molar-refractivity contribution in [1.29, 1.82) is 0 Å². The van der Waals surface area contributed by atoms with Crippen LogP contribution >= 0.6 is 11.3 Å². The van der Waals surface area contributed by atoms with Gasteiger partial charge in [0.1, 0.15) is 6.61 Å². The third kappa shape index (κ3) is 1.89. The Kier molecular flexibility index (Phi) is 2.31. The van der Waals surface area contributed by atoms with Crippen LogP contribution in [-0.2, 0) is 4.74 Å². The topological polar surface area (TPSA) is 38.3 Å². The van der Waals surface area contributed by atoms with E-state index < -0.39 is 0 Å². The zero-order chi connectivity index (χ0) is 9.10. The number of carbonyl (C=O) groups is 1. The maximum absolute atomic E-state index is 11.5. The molecule has 1 aliphatic rings. The van der Waals surface area contributed by atoms with Gasteiger partial charge in [0.05, 0.1) is 11.4 Å². The maximum Gasteiger partial charge on any atom is 0.201 e. The van der Waals surface area contributed by atoms with E-state index in [1.54, 1.807) is 6.07 Å². The molecular weight excluding hydrogens is 186 g/mol. The van der Waals surface area contributed by atoms with Gasteiger partial charge in [-0.25, -0.2) is 0 Å². The van der Waals surface area contributed by atoms with E-state index in [0.717, 1.165) is 11.4 Å². The van der Waals surface area contributed by atoms with Gasteiger partial charge in [-0.15, -0.1) is 11.3 Å². The summed E-state index contributed by atoms with van der Waals surface area (Å²) in [4.78, 5) is 12.2. The number of rotatable bonds is 2. The zero-order valence-corrected chi connectivity index (χ0v) is 7.76. The molecule has 68 valence electrons. The first kappa shape index (κ1) is 8.31. The van der Waals surface area contributed by atoms with Crippen molar-refractivity contribution in [2.75, 3.05) is 13.2 Å². The number of allylic oxidation sites excluding steroid dienone is 1.